The second-order valence-electron chi connectivity index (χ2n) is 4.13. The first-order valence-corrected chi connectivity index (χ1v) is 5.18. The Bertz CT molecular complexity index is 307. The van der Waals surface area contributed by atoms with Crippen LogP contribution in [0.15, 0.2) is 18.5 Å². The smallest absolute Gasteiger partial charge is 0.0466 e. The van der Waals surface area contributed by atoms with E-state index in [4.69, 9.17) is 5.84 Å². The van der Waals surface area contributed by atoms with Crippen molar-refractivity contribution in [1.82, 2.24) is 10.4 Å². The van der Waals surface area contributed by atoms with Gasteiger partial charge < -0.3 is 0 Å². The van der Waals surface area contributed by atoms with Crippen LogP contribution in [0, 0.1) is 12.8 Å². The first kappa shape index (κ1) is 9.62. The minimum Gasteiger partial charge on any atom is -0.271 e. The van der Waals surface area contributed by atoms with Crippen molar-refractivity contribution in [2.75, 3.05) is 0 Å². The standard InChI is InChI=1S/C11H17N3/c1-8-7-13-5-4-10(8)11(14-12)6-9-2-3-9/h4-5,7,9,11,14H,2-3,6,12H2,1H3. The fraction of sp³-hybridized carbons (Fsp3) is 0.545. The molecule has 3 heteroatoms. The number of aryl methyl sites for hydroxylation is 1. The van der Waals surface area contributed by atoms with Crippen LogP contribution in [-0.2, 0) is 0 Å². The molecule has 0 saturated heterocycles. The Morgan fingerprint density at radius 2 is 2.43 bits per heavy atom. The van der Waals surface area contributed by atoms with Gasteiger partial charge in [-0.1, -0.05) is 12.8 Å². The summed E-state index contributed by atoms with van der Waals surface area (Å²) in [6.07, 6.45) is 7.61. The Morgan fingerprint density at radius 1 is 1.64 bits per heavy atom. The third kappa shape index (κ3) is 2.11. The fourth-order valence-electron chi connectivity index (χ4n) is 1.85. The molecule has 3 nitrogen and oxygen atoms in total. The minimum absolute atomic E-state index is 0.297. The van der Waals surface area contributed by atoms with E-state index in [1.165, 1.54) is 24.0 Å². The summed E-state index contributed by atoms with van der Waals surface area (Å²) < 4.78 is 0. The maximum absolute atomic E-state index is 5.58. The number of hydrogen-bond donors (Lipinski definition) is 2. The van der Waals surface area contributed by atoms with Crippen LogP contribution in [0.3, 0.4) is 0 Å². The Labute approximate surface area is 84.7 Å². The summed E-state index contributed by atoms with van der Waals surface area (Å²) in [5, 5.41) is 0. The number of hydrazine groups is 1. The number of pyridine rings is 1. The normalized spacial score (nSPS) is 18.1. The van der Waals surface area contributed by atoms with Gasteiger partial charge in [-0.15, -0.1) is 0 Å². The number of rotatable bonds is 4. The molecule has 0 aromatic carbocycles. The molecule has 1 atom stereocenters. The second-order valence-corrected chi connectivity index (χ2v) is 4.13. The monoisotopic (exact) mass is 191 g/mol. The summed E-state index contributed by atoms with van der Waals surface area (Å²) in [6, 6.07) is 2.35. The number of nitrogens with zero attached hydrogens (tertiary/aromatic N) is 1. The summed E-state index contributed by atoms with van der Waals surface area (Å²) in [7, 11) is 0. The number of hydrogen-bond acceptors (Lipinski definition) is 3. The Morgan fingerprint density at radius 3 is 3.00 bits per heavy atom. The van der Waals surface area contributed by atoms with E-state index in [0.29, 0.717) is 6.04 Å². The summed E-state index contributed by atoms with van der Waals surface area (Å²) in [5.41, 5.74) is 5.41. The molecule has 1 saturated carbocycles. The molecule has 0 amide bonds. The maximum Gasteiger partial charge on any atom is 0.0466 e. The molecule has 1 aliphatic rings. The van der Waals surface area contributed by atoms with Crippen molar-refractivity contribution in [3.05, 3.63) is 29.6 Å². The predicted octanol–water partition coefficient (Wildman–Crippen LogP) is 1.69. The van der Waals surface area contributed by atoms with Crippen molar-refractivity contribution in [3.8, 4) is 0 Å². The summed E-state index contributed by atoms with van der Waals surface area (Å²) in [6.45, 7) is 2.08. The van der Waals surface area contributed by atoms with E-state index >= 15 is 0 Å². The second kappa shape index (κ2) is 4.07. The highest BCUT2D eigenvalue weighted by molar-refractivity contribution is 5.25. The molecule has 0 radical (unpaired) electrons. The lowest BCUT2D eigenvalue weighted by Crippen LogP contribution is -2.29. The Balaban J connectivity index is 2.12. The number of aromatic nitrogens is 1. The zero-order valence-electron chi connectivity index (χ0n) is 8.53. The van der Waals surface area contributed by atoms with Crippen LogP contribution in [0.5, 0.6) is 0 Å². The van der Waals surface area contributed by atoms with E-state index in [2.05, 4.69) is 23.4 Å². The van der Waals surface area contributed by atoms with Crippen LogP contribution in [0.25, 0.3) is 0 Å². The van der Waals surface area contributed by atoms with Crippen molar-refractivity contribution in [2.45, 2.75) is 32.2 Å². The Kier molecular flexibility index (Phi) is 2.79. The average Bonchev–Trinajstić information content (AvgIpc) is 2.99. The van der Waals surface area contributed by atoms with Gasteiger partial charge in [0, 0.05) is 18.4 Å². The molecule has 1 aliphatic carbocycles. The SMILES string of the molecule is Cc1cnccc1C(CC1CC1)NN. The van der Waals surface area contributed by atoms with Crippen molar-refractivity contribution in [1.29, 1.82) is 0 Å². The summed E-state index contributed by atoms with van der Waals surface area (Å²) >= 11 is 0. The zero-order valence-corrected chi connectivity index (χ0v) is 8.53. The van der Waals surface area contributed by atoms with E-state index in [1.54, 1.807) is 0 Å². The quantitative estimate of drug-likeness (QED) is 0.562. The molecule has 3 N–H and O–H groups in total. The molecule has 1 aromatic rings. The highest BCUT2D eigenvalue weighted by Crippen LogP contribution is 2.37. The van der Waals surface area contributed by atoms with Gasteiger partial charge in [0.2, 0.25) is 0 Å². The molecule has 1 heterocycles. The lowest BCUT2D eigenvalue weighted by Gasteiger charge is -2.17. The predicted molar refractivity (Wildman–Crippen MR) is 56.4 cm³/mol. The molecule has 1 aromatic heterocycles. The van der Waals surface area contributed by atoms with Crippen molar-refractivity contribution >= 4 is 0 Å². The maximum atomic E-state index is 5.58. The highest BCUT2D eigenvalue weighted by Gasteiger charge is 2.26. The summed E-state index contributed by atoms with van der Waals surface area (Å²) in [5.74, 6) is 6.46. The molecule has 76 valence electrons. The van der Waals surface area contributed by atoms with Gasteiger partial charge in [0.15, 0.2) is 0 Å². The van der Waals surface area contributed by atoms with Gasteiger partial charge in [-0.2, -0.15) is 0 Å². The van der Waals surface area contributed by atoms with Gasteiger partial charge in [0.05, 0.1) is 0 Å². The van der Waals surface area contributed by atoms with Crippen LogP contribution in [-0.4, -0.2) is 4.98 Å². The molecule has 0 aliphatic heterocycles. The third-order valence-electron chi connectivity index (χ3n) is 2.91. The van der Waals surface area contributed by atoms with Crippen molar-refractivity contribution in [2.24, 2.45) is 11.8 Å². The third-order valence-corrected chi connectivity index (χ3v) is 2.91. The Hall–Kier alpha value is -0.930. The van der Waals surface area contributed by atoms with Crippen LogP contribution >= 0.6 is 0 Å². The van der Waals surface area contributed by atoms with Crippen LogP contribution in [0.2, 0.25) is 0 Å². The van der Waals surface area contributed by atoms with Crippen molar-refractivity contribution in [3.63, 3.8) is 0 Å². The molecule has 1 fully saturated rings. The molecule has 0 spiro atoms. The van der Waals surface area contributed by atoms with Gasteiger partial charge >= 0.3 is 0 Å². The molecule has 14 heavy (non-hydrogen) atoms. The lowest BCUT2D eigenvalue weighted by atomic mass is 9.99. The molecule has 2 rings (SSSR count). The van der Waals surface area contributed by atoms with Gasteiger partial charge in [-0.05, 0) is 36.5 Å². The first-order valence-electron chi connectivity index (χ1n) is 5.18. The van der Waals surface area contributed by atoms with E-state index in [9.17, 15) is 0 Å². The minimum atomic E-state index is 0.297. The van der Waals surface area contributed by atoms with Crippen molar-refractivity contribution < 1.29 is 0 Å². The van der Waals surface area contributed by atoms with E-state index in [1.807, 2.05) is 12.4 Å². The van der Waals surface area contributed by atoms with Gasteiger partial charge in [0.25, 0.3) is 0 Å². The topological polar surface area (TPSA) is 50.9 Å². The number of nitrogens with one attached hydrogen (secondary N) is 1. The van der Waals surface area contributed by atoms with E-state index in [0.717, 1.165) is 12.3 Å². The zero-order chi connectivity index (χ0) is 9.97. The average molecular weight is 191 g/mol. The van der Waals surface area contributed by atoms with Crippen LogP contribution in [0.4, 0.5) is 0 Å². The van der Waals surface area contributed by atoms with Crippen LogP contribution < -0.4 is 11.3 Å². The molecule has 1 unspecified atom stereocenters. The van der Waals surface area contributed by atoms with Gasteiger partial charge in [-0.3, -0.25) is 16.3 Å². The largest absolute Gasteiger partial charge is 0.271 e. The molecular formula is C11H17N3. The van der Waals surface area contributed by atoms with Gasteiger partial charge in [0.1, 0.15) is 0 Å². The van der Waals surface area contributed by atoms with Crippen LogP contribution in [0.1, 0.15) is 36.4 Å². The fourth-order valence-corrected chi connectivity index (χ4v) is 1.85. The first-order chi connectivity index (χ1) is 6.81. The van der Waals surface area contributed by atoms with E-state index < -0.39 is 0 Å². The molecular weight excluding hydrogens is 174 g/mol. The number of nitrogens with two attached hydrogens (primary N) is 1. The summed E-state index contributed by atoms with van der Waals surface area (Å²) in [4.78, 5) is 4.09. The van der Waals surface area contributed by atoms with E-state index in [-0.39, 0.29) is 0 Å². The van der Waals surface area contributed by atoms with Gasteiger partial charge in [-0.25, -0.2) is 0 Å². The highest BCUT2D eigenvalue weighted by atomic mass is 15.2. The lowest BCUT2D eigenvalue weighted by molar-refractivity contribution is 0.485. The molecule has 0 bridgehead atoms.